The largest absolute Gasteiger partial charge is 0.336 e. The first-order chi connectivity index (χ1) is 12.4. The van der Waals surface area contributed by atoms with E-state index in [4.69, 9.17) is 0 Å². The smallest absolute Gasteiger partial charge is 0.255 e. The molecule has 6 nitrogen and oxygen atoms in total. The van der Waals surface area contributed by atoms with Gasteiger partial charge in [0.1, 0.15) is 0 Å². The molecule has 0 radical (unpaired) electrons. The number of rotatable bonds is 4. The highest BCUT2D eigenvalue weighted by Crippen LogP contribution is 2.22. The lowest BCUT2D eigenvalue weighted by Gasteiger charge is -2.38. The molecule has 26 heavy (non-hydrogen) atoms. The Morgan fingerprint density at radius 2 is 1.77 bits per heavy atom. The quantitative estimate of drug-likeness (QED) is 0.820. The minimum atomic E-state index is -3.44. The number of nitrogens with zero attached hydrogens (tertiary/aromatic N) is 3. The number of benzene rings is 1. The molecule has 2 aromatic rings. The van der Waals surface area contributed by atoms with Crippen LogP contribution >= 0.6 is 0 Å². The Hall–Kier alpha value is -2.25. The zero-order chi connectivity index (χ0) is 18.7. The summed E-state index contributed by atoms with van der Waals surface area (Å²) >= 11 is 0. The van der Waals surface area contributed by atoms with E-state index in [0.29, 0.717) is 13.1 Å². The summed E-state index contributed by atoms with van der Waals surface area (Å²) in [6.07, 6.45) is 4.75. The van der Waals surface area contributed by atoms with Crippen molar-refractivity contribution in [1.82, 2.24) is 14.8 Å². The molecule has 3 rings (SSSR count). The van der Waals surface area contributed by atoms with Gasteiger partial charge in [-0.1, -0.05) is 18.2 Å². The molecular weight excluding hydrogens is 350 g/mol. The summed E-state index contributed by atoms with van der Waals surface area (Å²) in [7, 11) is -3.44. The van der Waals surface area contributed by atoms with Crippen LogP contribution in [0.3, 0.4) is 0 Å². The second-order valence-corrected chi connectivity index (χ2v) is 8.54. The van der Waals surface area contributed by atoms with Crippen LogP contribution in [0.5, 0.6) is 0 Å². The number of carbonyl (C=O) groups is 1. The fourth-order valence-electron chi connectivity index (χ4n) is 3.28. The number of amides is 1. The molecule has 1 unspecified atom stereocenters. The van der Waals surface area contributed by atoms with Crippen molar-refractivity contribution in [1.29, 1.82) is 0 Å². The summed E-state index contributed by atoms with van der Waals surface area (Å²) < 4.78 is 23.9. The van der Waals surface area contributed by atoms with E-state index < -0.39 is 9.84 Å². The molecule has 1 aliphatic rings. The molecule has 2 heterocycles. The number of piperazine rings is 1. The normalized spacial score (nSPS) is 17.1. The fraction of sp³-hybridized carbons (Fsp3) is 0.368. The van der Waals surface area contributed by atoms with E-state index in [0.717, 1.165) is 24.9 Å². The second kappa shape index (κ2) is 7.55. The summed E-state index contributed by atoms with van der Waals surface area (Å²) in [6.45, 7) is 4.75. The van der Waals surface area contributed by atoms with Crippen molar-refractivity contribution in [2.45, 2.75) is 17.9 Å². The van der Waals surface area contributed by atoms with Crippen LogP contribution in [0.15, 0.2) is 53.7 Å². The van der Waals surface area contributed by atoms with E-state index in [1.807, 2.05) is 12.3 Å². The van der Waals surface area contributed by atoms with Gasteiger partial charge in [0.25, 0.3) is 5.91 Å². The summed E-state index contributed by atoms with van der Waals surface area (Å²) in [5, 5.41) is 0. The summed E-state index contributed by atoms with van der Waals surface area (Å²) in [5.74, 6) is -0.222. The Kier molecular flexibility index (Phi) is 5.38. The molecule has 0 aliphatic carbocycles. The number of pyridine rings is 1. The van der Waals surface area contributed by atoms with Gasteiger partial charge in [-0.15, -0.1) is 0 Å². The molecule has 1 aromatic heterocycles. The number of aromatic nitrogens is 1. The van der Waals surface area contributed by atoms with E-state index in [1.54, 1.807) is 29.3 Å². The molecular formula is C19H23N3O3S. The van der Waals surface area contributed by atoms with Gasteiger partial charge in [0.05, 0.1) is 10.5 Å². The van der Waals surface area contributed by atoms with Crippen LogP contribution in [-0.4, -0.2) is 61.5 Å². The first-order valence-corrected chi connectivity index (χ1v) is 10.5. The second-order valence-electron chi connectivity index (χ2n) is 6.56. The van der Waals surface area contributed by atoms with E-state index in [-0.39, 0.29) is 22.4 Å². The lowest BCUT2D eigenvalue weighted by Crippen LogP contribution is -2.49. The molecule has 1 aliphatic heterocycles. The Labute approximate surface area is 154 Å². The van der Waals surface area contributed by atoms with Crippen molar-refractivity contribution in [3.05, 3.63) is 59.9 Å². The van der Waals surface area contributed by atoms with Gasteiger partial charge in [-0.05, 0) is 30.7 Å². The minimum Gasteiger partial charge on any atom is -0.336 e. The topological polar surface area (TPSA) is 70.6 Å². The maximum atomic E-state index is 12.8. The monoisotopic (exact) mass is 373 g/mol. The van der Waals surface area contributed by atoms with Crippen LogP contribution < -0.4 is 0 Å². The molecule has 138 valence electrons. The molecule has 1 fully saturated rings. The van der Waals surface area contributed by atoms with Gasteiger partial charge in [0, 0.05) is 50.9 Å². The van der Waals surface area contributed by atoms with Crippen molar-refractivity contribution < 1.29 is 13.2 Å². The average Bonchev–Trinajstić information content (AvgIpc) is 2.67. The van der Waals surface area contributed by atoms with Crippen LogP contribution in [-0.2, 0) is 9.84 Å². The maximum Gasteiger partial charge on any atom is 0.255 e. The lowest BCUT2D eigenvalue weighted by atomic mass is 10.1. The predicted octanol–water partition coefficient (Wildman–Crippen LogP) is 2.00. The van der Waals surface area contributed by atoms with Gasteiger partial charge >= 0.3 is 0 Å². The third kappa shape index (κ3) is 3.94. The molecule has 1 atom stereocenters. The molecule has 0 saturated carbocycles. The highest BCUT2D eigenvalue weighted by atomic mass is 32.2. The van der Waals surface area contributed by atoms with Crippen molar-refractivity contribution in [3.63, 3.8) is 0 Å². The fourth-order valence-corrected chi connectivity index (χ4v) is 4.16. The summed E-state index contributed by atoms with van der Waals surface area (Å²) in [5.41, 5.74) is 1.40. The van der Waals surface area contributed by atoms with Crippen LogP contribution in [0.1, 0.15) is 28.9 Å². The van der Waals surface area contributed by atoms with Gasteiger partial charge in [-0.3, -0.25) is 14.7 Å². The SMILES string of the molecule is CC(c1cccnc1)N1CCN(C(=O)c2ccccc2S(C)(=O)=O)CC1. The summed E-state index contributed by atoms with van der Waals surface area (Å²) in [6, 6.07) is 10.6. The van der Waals surface area contributed by atoms with Crippen molar-refractivity contribution in [2.24, 2.45) is 0 Å². The van der Waals surface area contributed by atoms with Gasteiger partial charge in [0.15, 0.2) is 9.84 Å². The highest BCUT2D eigenvalue weighted by Gasteiger charge is 2.28. The third-order valence-electron chi connectivity index (χ3n) is 4.83. The Bertz CT molecular complexity index is 876. The van der Waals surface area contributed by atoms with Crippen molar-refractivity contribution in [3.8, 4) is 0 Å². The molecule has 0 N–H and O–H groups in total. The van der Waals surface area contributed by atoms with Crippen LogP contribution in [0.25, 0.3) is 0 Å². The van der Waals surface area contributed by atoms with E-state index in [2.05, 4.69) is 22.9 Å². The standard InChI is InChI=1S/C19H23N3O3S/c1-15(16-6-5-9-20-14-16)21-10-12-22(13-11-21)19(23)17-7-3-4-8-18(17)26(2,24)25/h3-9,14-15H,10-13H2,1-2H3. The molecule has 1 aromatic carbocycles. The van der Waals surface area contributed by atoms with Gasteiger partial charge in [-0.2, -0.15) is 0 Å². The Morgan fingerprint density at radius 3 is 2.38 bits per heavy atom. The van der Waals surface area contributed by atoms with E-state index in [9.17, 15) is 13.2 Å². The third-order valence-corrected chi connectivity index (χ3v) is 5.99. The number of hydrogen-bond donors (Lipinski definition) is 0. The molecule has 0 bridgehead atoms. The lowest BCUT2D eigenvalue weighted by molar-refractivity contribution is 0.0578. The highest BCUT2D eigenvalue weighted by molar-refractivity contribution is 7.90. The van der Waals surface area contributed by atoms with Gasteiger partial charge in [-0.25, -0.2) is 8.42 Å². The van der Waals surface area contributed by atoms with Crippen molar-refractivity contribution in [2.75, 3.05) is 32.4 Å². The maximum absolute atomic E-state index is 12.8. The first kappa shape index (κ1) is 18.5. The summed E-state index contributed by atoms with van der Waals surface area (Å²) in [4.78, 5) is 21.1. The molecule has 1 amide bonds. The van der Waals surface area contributed by atoms with E-state index >= 15 is 0 Å². The Balaban J connectivity index is 1.70. The van der Waals surface area contributed by atoms with Crippen LogP contribution in [0.4, 0.5) is 0 Å². The zero-order valence-corrected chi connectivity index (χ0v) is 15.8. The number of carbonyl (C=O) groups excluding carboxylic acids is 1. The first-order valence-electron chi connectivity index (χ1n) is 8.60. The van der Waals surface area contributed by atoms with Crippen molar-refractivity contribution >= 4 is 15.7 Å². The predicted molar refractivity (Wildman–Crippen MR) is 99.7 cm³/mol. The molecule has 0 spiro atoms. The van der Waals surface area contributed by atoms with Crippen LogP contribution in [0, 0.1) is 0 Å². The minimum absolute atomic E-state index is 0.0937. The average molecular weight is 373 g/mol. The van der Waals surface area contributed by atoms with Crippen LogP contribution in [0.2, 0.25) is 0 Å². The number of hydrogen-bond acceptors (Lipinski definition) is 5. The molecule has 7 heteroatoms. The van der Waals surface area contributed by atoms with Gasteiger partial charge < -0.3 is 4.90 Å². The Morgan fingerprint density at radius 1 is 1.08 bits per heavy atom. The van der Waals surface area contributed by atoms with E-state index in [1.165, 1.54) is 6.07 Å². The number of sulfone groups is 1. The zero-order valence-electron chi connectivity index (χ0n) is 15.0. The molecule has 1 saturated heterocycles. The van der Waals surface area contributed by atoms with Gasteiger partial charge in [0.2, 0.25) is 0 Å².